The molecule has 6 nitrogen and oxygen atoms in total. The molecule has 0 saturated heterocycles. The number of hydrogen-bond donors (Lipinski definition) is 1. The second kappa shape index (κ2) is 11.8. The Bertz CT molecular complexity index is 724. The molecule has 0 bridgehead atoms. The average molecular weight is 414 g/mol. The number of benzene rings is 1. The van der Waals surface area contributed by atoms with Crippen molar-refractivity contribution in [2.45, 2.75) is 39.8 Å². The van der Waals surface area contributed by atoms with Gasteiger partial charge in [-0.2, -0.15) is 0 Å². The number of methoxy groups -OCH3 is 1. The van der Waals surface area contributed by atoms with Gasteiger partial charge in [0.05, 0.1) is 13.7 Å². The molecule has 2 rings (SSSR count). The first-order valence-corrected chi connectivity index (χ1v) is 9.74. The van der Waals surface area contributed by atoms with E-state index in [0.717, 1.165) is 29.2 Å². The quantitative estimate of drug-likeness (QED) is 0.639. The smallest absolute Gasteiger partial charge is 0.273 e. The third kappa shape index (κ3) is 6.37. The Morgan fingerprint density at radius 1 is 1.26 bits per heavy atom. The largest absolute Gasteiger partial charge is 0.493 e. The van der Waals surface area contributed by atoms with Crippen molar-refractivity contribution in [1.82, 2.24) is 9.88 Å². The van der Waals surface area contributed by atoms with Crippen LogP contribution >= 0.6 is 23.7 Å². The van der Waals surface area contributed by atoms with Gasteiger partial charge in [-0.05, 0) is 30.5 Å². The molecule has 2 aromatic rings. The van der Waals surface area contributed by atoms with Crippen LogP contribution in [0.5, 0.6) is 11.5 Å². The Hall–Kier alpha value is -1.83. The Labute approximate surface area is 171 Å². The molecule has 1 aromatic heterocycles. The van der Waals surface area contributed by atoms with Crippen molar-refractivity contribution >= 4 is 29.7 Å². The number of carbonyl (C=O) groups is 1. The van der Waals surface area contributed by atoms with Gasteiger partial charge in [0.15, 0.2) is 11.5 Å². The highest BCUT2D eigenvalue weighted by molar-refractivity contribution is 7.09. The van der Waals surface area contributed by atoms with Gasteiger partial charge in [0, 0.05) is 25.0 Å². The molecule has 1 aromatic carbocycles. The van der Waals surface area contributed by atoms with Crippen LogP contribution in [0, 0.1) is 0 Å². The first kappa shape index (κ1) is 23.2. The summed E-state index contributed by atoms with van der Waals surface area (Å²) in [5.41, 5.74) is 7.04. The maximum atomic E-state index is 12.8. The van der Waals surface area contributed by atoms with Crippen LogP contribution in [0.2, 0.25) is 0 Å². The first-order valence-electron chi connectivity index (χ1n) is 8.86. The maximum absolute atomic E-state index is 12.8. The van der Waals surface area contributed by atoms with Crippen LogP contribution in [0.3, 0.4) is 0 Å². The molecule has 0 fully saturated rings. The number of carbonyl (C=O) groups excluding carboxylic acids is 1. The number of halogens is 1. The standard InChI is InChI=1S/C19H27N3O3S.ClH/c1-4-8-22(19(23)15-13-26-18(11-20)21-15)12-14-6-7-16(25-9-5-2)17(10-14)24-3;/h6-7,10,13H,4-5,8-9,11-12,20H2,1-3H3;1H. The van der Waals surface area contributed by atoms with Crippen LogP contribution in [0.15, 0.2) is 23.6 Å². The molecule has 0 atom stereocenters. The average Bonchev–Trinajstić information content (AvgIpc) is 3.15. The van der Waals surface area contributed by atoms with Crippen molar-refractivity contribution < 1.29 is 14.3 Å². The second-order valence-corrected chi connectivity index (χ2v) is 6.83. The number of nitrogens with zero attached hydrogens (tertiary/aromatic N) is 2. The molecule has 0 saturated carbocycles. The van der Waals surface area contributed by atoms with Gasteiger partial charge in [-0.25, -0.2) is 4.98 Å². The summed E-state index contributed by atoms with van der Waals surface area (Å²) in [5.74, 6) is 1.32. The predicted octanol–water partition coefficient (Wildman–Crippen LogP) is 3.87. The van der Waals surface area contributed by atoms with Crippen molar-refractivity contribution in [3.05, 3.63) is 39.8 Å². The van der Waals surface area contributed by atoms with Gasteiger partial charge in [0.25, 0.3) is 5.91 Å². The molecule has 8 heteroatoms. The third-order valence-electron chi connectivity index (χ3n) is 3.79. The van der Waals surface area contributed by atoms with Crippen LogP contribution in [-0.2, 0) is 13.1 Å². The monoisotopic (exact) mass is 413 g/mol. The lowest BCUT2D eigenvalue weighted by Crippen LogP contribution is -2.31. The first-order chi connectivity index (χ1) is 12.6. The van der Waals surface area contributed by atoms with E-state index in [9.17, 15) is 4.79 Å². The third-order valence-corrected chi connectivity index (χ3v) is 4.66. The van der Waals surface area contributed by atoms with Crippen molar-refractivity contribution in [3.63, 3.8) is 0 Å². The fraction of sp³-hybridized carbons (Fsp3) is 0.474. The summed E-state index contributed by atoms with van der Waals surface area (Å²) in [6.07, 6.45) is 1.80. The van der Waals surface area contributed by atoms with E-state index in [1.54, 1.807) is 17.4 Å². The van der Waals surface area contributed by atoms with Crippen LogP contribution in [-0.4, -0.2) is 36.1 Å². The van der Waals surface area contributed by atoms with Crippen LogP contribution in [0.4, 0.5) is 0 Å². The van der Waals surface area contributed by atoms with E-state index in [1.165, 1.54) is 11.3 Å². The minimum atomic E-state index is -0.0759. The highest BCUT2D eigenvalue weighted by Gasteiger charge is 2.19. The molecule has 0 radical (unpaired) electrons. The van der Waals surface area contributed by atoms with Gasteiger partial charge in [-0.3, -0.25) is 4.79 Å². The summed E-state index contributed by atoms with van der Waals surface area (Å²) in [5, 5.41) is 2.54. The number of amides is 1. The lowest BCUT2D eigenvalue weighted by Gasteiger charge is -2.22. The number of rotatable bonds is 10. The topological polar surface area (TPSA) is 77.7 Å². The van der Waals surface area contributed by atoms with Gasteiger partial charge in [0.1, 0.15) is 10.7 Å². The van der Waals surface area contributed by atoms with Crippen molar-refractivity contribution in [3.8, 4) is 11.5 Å². The molecule has 0 aliphatic carbocycles. The summed E-state index contributed by atoms with van der Waals surface area (Å²) >= 11 is 1.42. The zero-order chi connectivity index (χ0) is 18.9. The predicted molar refractivity (Wildman–Crippen MR) is 111 cm³/mol. The van der Waals surface area contributed by atoms with Crippen molar-refractivity contribution in [2.75, 3.05) is 20.3 Å². The fourth-order valence-corrected chi connectivity index (χ4v) is 3.20. The zero-order valence-electron chi connectivity index (χ0n) is 16.1. The molecular weight excluding hydrogens is 386 g/mol. The lowest BCUT2D eigenvalue weighted by molar-refractivity contribution is 0.0737. The summed E-state index contributed by atoms with van der Waals surface area (Å²) < 4.78 is 11.1. The summed E-state index contributed by atoms with van der Waals surface area (Å²) in [6.45, 7) is 6.25. The molecule has 1 heterocycles. The van der Waals surface area contributed by atoms with Crippen LogP contribution in [0.25, 0.3) is 0 Å². The Morgan fingerprint density at radius 2 is 2.04 bits per heavy atom. The Morgan fingerprint density at radius 3 is 2.63 bits per heavy atom. The van der Waals surface area contributed by atoms with E-state index in [2.05, 4.69) is 18.8 Å². The summed E-state index contributed by atoms with van der Waals surface area (Å²) in [7, 11) is 1.62. The summed E-state index contributed by atoms with van der Waals surface area (Å²) in [4.78, 5) is 18.9. The number of nitrogens with two attached hydrogens (primary N) is 1. The minimum absolute atomic E-state index is 0. The van der Waals surface area contributed by atoms with Gasteiger partial charge in [0.2, 0.25) is 0 Å². The molecule has 0 aliphatic heterocycles. The van der Waals surface area contributed by atoms with E-state index in [1.807, 2.05) is 18.2 Å². The SMILES string of the molecule is CCCOc1ccc(CN(CCC)C(=O)c2csc(CN)n2)cc1OC.Cl. The van der Waals surface area contributed by atoms with Gasteiger partial charge < -0.3 is 20.1 Å². The maximum Gasteiger partial charge on any atom is 0.273 e. The van der Waals surface area contributed by atoms with Gasteiger partial charge in [-0.15, -0.1) is 23.7 Å². The number of ether oxygens (including phenoxy) is 2. The molecule has 1 amide bonds. The minimum Gasteiger partial charge on any atom is -0.493 e. The van der Waals surface area contributed by atoms with E-state index >= 15 is 0 Å². The molecule has 150 valence electrons. The lowest BCUT2D eigenvalue weighted by atomic mass is 10.1. The van der Waals surface area contributed by atoms with Crippen LogP contribution in [0.1, 0.15) is 47.7 Å². The molecule has 27 heavy (non-hydrogen) atoms. The molecule has 2 N–H and O–H groups in total. The highest BCUT2D eigenvalue weighted by atomic mass is 35.5. The van der Waals surface area contributed by atoms with Crippen molar-refractivity contribution in [1.29, 1.82) is 0 Å². The normalized spacial score (nSPS) is 10.2. The van der Waals surface area contributed by atoms with E-state index in [-0.39, 0.29) is 18.3 Å². The molecule has 0 aliphatic rings. The number of hydrogen-bond acceptors (Lipinski definition) is 6. The zero-order valence-corrected chi connectivity index (χ0v) is 17.7. The van der Waals surface area contributed by atoms with E-state index in [4.69, 9.17) is 15.2 Å². The molecule has 0 spiro atoms. The molecule has 0 unspecified atom stereocenters. The fourth-order valence-electron chi connectivity index (χ4n) is 2.55. The van der Waals surface area contributed by atoms with E-state index in [0.29, 0.717) is 37.7 Å². The van der Waals surface area contributed by atoms with E-state index < -0.39 is 0 Å². The van der Waals surface area contributed by atoms with Crippen LogP contribution < -0.4 is 15.2 Å². The van der Waals surface area contributed by atoms with Gasteiger partial charge in [-0.1, -0.05) is 19.9 Å². The van der Waals surface area contributed by atoms with Crippen molar-refractivity contribution in [2.24, 2.45) is 5.73 Å². The Kier molecular flexibility index (Phi) is 10.1. The summed E-state index contributed by atoms with van der Waals surface area (Å²) in [6, 6.07) is 5.79. The number of aromatic nitrogens is 1. The number of thiazole rings is 1. The second-order valence-electron chi connectivity index (χ2n) is 5.89. The highest BCUT2D eigenvalue weighted by Crippen LogP contribution is 2.29. The molecular formula is C19H28ClN3O3S. The van der Waals surface area contributed by atoms with Gasteiger partial charge >= 0.3 is 0 Å². The Balaban J connectivity index is 0.00000364.